The molecule has 1 aromatic rings. The molecule has 1 rings (SSSR count). The molecule has 0 saturated heterocycles. The van der Waals surface area contributed by atoms with Crippen LogP contribution >= 0.6 is 23.2 Å². The van der Waals surface area contributed by atoms with Crippen molar-refractivity contribution in [3.05, 3.63) is 33.8 Å². The van der Waals surface area contributed by atoms with Crippen molar-refractivity contribution in [3.8, 4) is 6.07 Å². The standard InChI is InChI=1S/C14H16Cl2N2O/c1-10(7-8-17)18(2)14(19)6-4-11-3-5-12(15)13(16)9-11/h3,5,9-10H,4,6-7H2,1-2H3. The first-order valence-electron chi connectivity index (χ1n) is 6.02. The van der Waals surface area contributed by atoms with E-state index < -0.39 is 0 Å². The van der Waals surface area contributed by atoms with E-state index in [2.05, 4.69) is 6.07 Å². The lowest BCUT2D eigenvalue weighted by Crippen LogP contribution is -2.34. The van der Waals surface area contributed by atoms with E-state index in [1.807, 2.05) is 13.0 Å². The van der Waals surface area contributed by atoms with Crippen LogP contribution in [0.15, 0.2) is 18.2 Å². The summed E-state index contributed by atoms with van der Waals surface area (Å²) in [4.78, 5) is 13.6. The fraction of sp³-hybridized carbons (Fsp3) is 0.429. The van der Waals surface area contributed by atoms with E-state index in [0.29, 0.717) is 29.3 Å². The summed E-state index contributed by atoms with van der Waals surface area (Å²) in [5.41, 5.74) is 0.976. The number of carbonyl (C=O) groups is 1. The van der Waals surface area contributed by atoms with Gasteiger partial charge in [-0.3, -0.25) is 4.79 Å². The van der Waals surface area contributed by atoms with Gasteiger partial charge in [0.2, 0.25) is 5.91 Å². The fourth-order valence-electron chi connectivity index (χ4n) is 1.64. The van der Waals surface area contributed by atoms with Crippen molar-refractivity contribution in [1.82, 2.24) is 4.90 Å². The lowest BCUT2D eigenvalue weighted by atomic mass is 10.1. The van der Waals surface area contributed by atoms with Crippen molar-refractivity contribution in [1.29, 1.82) is 5.26 Å². The van der Waals surface area contributed by atoms with Crippen LogP contribution in [0.5, 0.6) is 0 Å². The van der Waals surface area contributed by atoms with Crippen LogP contribution in [0.2, 0.25) is 10.0 Å². The Labute approximate surface area is 123 Å². The Balaban J connectivity index is 2.54. The number of carbonyl (C=O) groups excluding carboxylic acids is 1. The number of halogens is 2. The number of hydrogen-bond donors (Lipinski definition) is 0. The Kier molecular flexibility index (Phi) is 6.14. The molecule has 1 amide bonds. The molecule has 0 N–H and O–H groups in total. The first kappa shape index (κ1) is 15.8. The van der Waals surface area contributed by atoms with Gasteiger partial charge in [-0.15, -0.1) is 0 Å². The van der Waals surface area contributed by atoms with Crippen LogP contribution in [0.25, 0.3) is 0 Å². The average molecular weight is 299 g/mol. The van der Waals surface area contributed by atoms with Gasteiger partial charge in [-0.05, 0) is 31.0 Å². The Morgan fingerprint density at radius 1 is 1.42 bits per heavy atom. The second-order valence-electron chi connectivity index (χ2n) is 4.46. The number of rotatable bonds is 5. The lowest BCUT2D eigenvalue weighted by Gasteiger charge is -2.22. The molecule has 102 valence electrons. The molecule has 0 aliphatic heterocycles. The molecule has 0 aliphatic carbocycles. The lowest BCUT2D eigenvalue weighted by molar-refractivity contribution is -0.131. The Morgan fingerprint density at radius 2 is 2.11 bits per heavy atom. The third kappa shape index (κ3) is 4.74. The van der Waals surface area contributed by atoms with Crippen LogP contribution in [-0.2, 0) is 11.2 Å². The molecule has 1 atom stereocenters. The molecule has 0 aromatic heterocycles. The van der Waals surface area contributed by atoms with Gasteiger partial charge >= 0.3 is 0 Å². The number of nitrogens with zero attached hydrogens (tertiary/aromatic N) is 2. The maximum atomic E-state index is 11.9. The minimum absolute atomic E-state index is 0.0221. The third-order valence-corrected chi connectivity index (χ3v) is 3.79. The van der Waals surface area contributed by atoms with E-state index in [0.717, 1.165) is 5.56 Å². The maximum absolute atomic E-state index is 11.9. The molecular formula is C14H16Cl2N2O. The first-order valence-corrected chi connectivity index (χ1v) is 6.77. The molecule has 19 heavy (non-hydrogen) atoms. The molecule has 0 heterocycles. The molecule has 0 radical (unpaired) electrons. The summed E-state index contributed by atoms with van der Waals surface area (Å²) in [5, 5.41) is 9.63. The number of amides is 1. The molecule has 0 spiro atoms. The second-order valence-corrected chi connectivity index (χ2v) is 5.28. The van der Waals surface area contributed by atoms with Crippen molar-refractivity contribution >= 4 is 29.1 Å². The van der Waals surface area contributed by atoms with E-state index in [1.165, 1.54) is 0 Å². The van der Waals surface area contributed by atoms with E-state index in [9.17, 15) is 4.79 Å². The van der Waals surface area contributed by atoms with Crippen molar-refractivity contribution < 1.29 is 4.79 Å². The number of hydrogen-bond acceptors (Lipinski definition) is 2. The Morgan fingerprint density at radius 3 is 2.68 bits per heavy atom. The molecule has 3 nitrogen and oxygen atoms in total. The number of nitriles is 1. The quantitative estimate of drug-likeness (QED) is 0.832. The number of benzene rings is 1. The molecule has 0 aliphatic rings. The molecule has 5 heteroatoms. The minimum atomic E-state index is -0.0636. The van der Waals surface area contributed by atoms with E-state index >= 15 is 0 Å². The van der Waals surface area contributed by atoms with Crippen molar-refractivity contribution in [2.24, 2.45) is 0 Å². The van der Waals surface area contributed by atoms with Gasteiger partial charge in [-0.1, -0.05) is 29.3 Å². The van der Waals surface area contributed by atoms with Crippen LogP contribution < -0.4 is 0 Å². The van der Waals surface area contributed by atoms with Gasteiger partial charge in [0.15, 0.2) is 0 Å². The van der Waals surface area contributed by atoms with E-state index in [1.54, 1.807) is 24.1 Å². The van der Waals surface area contributed by atoms with Gasteiger partial charge in [0.05, 0.1) is 22.5 Å². The average Bonchev–Trinajstić information content (AvgIpc) is 2.39. The van der Waals surface area contributed by atoms with Crippen LogP contribution in [0.1, 0.15) is 25.3 Å². The van der Waals surface area contributed by atoms with Gasteiger partial charge in [-0.25, -0.2) is 0 Å². The largest absolute Gasteiger partial charge is 0.342 e. The van der Waals surface area contributed by atoms with Gasteiger partial charge in [0.1, 0.15) is 0 Å². The first-order chi connectivity index (χ1) is 8.95. The summed E-state index contributed by atoms with van der Waals surface area (Å²) >= 11 is 11.8. The predicted octanol–water partition coefficient (Wildman–Crippen LogP) is 3.69. The van der Waals surface area contributed by atoms with Crippen LogP contribution in [0.4, 0.5) is 0 Å². The van der Waals surface area contributed by atoms with Crippen LogP contribution in [0.3, 0.4) is 0 Å². The van der Waals surface area contributed by atoms with Crippen LogP contribution in [-0.4, -0.2) is 23.9 Å². The highest BCUT2D eigenvalue weighted by molar-refractivity contribution is 6.42. The van der Waals surface area contributed by atoms with Gasteiger partial charge in [0, 0.05) is 19.5 Å². The van der Waals surface area contributed by atoms with Crippen molar-refractivity contribution in [2.45, 2.75) is 32.2 Å². The molecule has 1 unspecified atom stereocenters. The summed E-state index contributed by atoms with van der Waals surface area (Å²) in [6.07, 6.45) is 1.35. The Hall–Kier alpha value is -1.24. The minimum Gasteiger partial charge on any atom is -0.342 e. The highest BCUT2D eigenvalue weighted by atomic mass is 35.5. The van der Waals surface area contributed by atoms with Gasteiger partial charge in [-0.2, -0.15) is 5.26 Å². The van der Waals surface area contributed by atoms with Crippen molar-refractivity contribution in [2.75, 3.05) is 7.05 Å². The van der Waals surface area contributed by atoms with Crippen LogP contribution in [0, 0.1) is 11.3 Å². The molecular weight excluding hydrogens is 283 g/mol. The van der Waals surface area contributed by atoms with Crippen molar-refractivity contribution in [3.63, 3.8) is 0 Å². The topological polar surface area (TPSA) is 44.1 Å². The highest BCUT2D eigenvalue weighted by Gasteiger charge is 2.15. The normalized spacial score (nSPS) is 11.7. The predicted molar refractivity (Wildman–Crippen MR) is 77.2 cm³/mol. The monoisotopic (exact) mass is 298 g/mol. The summed E-state index contributed by atoms with van der Waals surface area (Å²) in [5.74, 6) is 0.0221. The summed E-state index contributed by atoms with van der Waals surface area (Å²) in [7, 11) is 1.72. The summed E-state index contributed by atoms with van der Waals surface area (Å²) in [6.45, 7) is 1.86. The smallest absolute Gasteiger partial charge is 0.222 e. The van der Waals surface area contributed by atoms with E-state index in [4.69, 9.17) is 28.5 Å². The van der Waals surface area contributed by atoms with Gasteiger partial charge in [0.25, 0.3) is 0 Å². The number of aryl methyl sites for hydroxylation is 1. The maximum Gasteiger partial charge on any atom is 0.222 e. The molecule has 0 bridgehead atoms. The zero-order chi connectivity index (χ0) is 14.4. The summed E-state index contributed by atoms with van der Waals surface area (Å²) in [6, 6.07) is 7.36. The summed E-state index contributed by atoms with van der Waals surface area (Å²) < 4.78 is 0. The zero-order valence-corrected chi connectivity index (χ0v) is 12.5. The third-order valence-electron chi connectivity index (χ3n) is 3.05. The molecule has 1 aromatic carbocycles. The van der Waals surface area contributed by atoms with Gasteiger partial charge < -0.3 is 4.90 Å². The Bertz CT molecular complexity index is 497. The second kappa shape index (κ2) is 7.37. The molecule has 0 fully saturated rings. The zero-order valence-electron chi connectivity index (χ0n) is 11.0. The highest BCUT2D eigenvalue weighted by Crippen LogP contribution is 2.23. The fourth-order valence-corrected chi connectivity index (χ4v) is 1.96. The van der Waals surface area contributed by atoms with E-state index in [-0.39, 0.29) is 11.9 Å². The molecule has 0 saturated carbocycles. The SMILES string of the molecule is CC(CC#N)N(C)C(=O)CCc1ccc(Cl)c(Cl)c1.